The second-order valence-corrected chi connectivity index (χ2v) is 6.48. The van der Waals surface area contributed by atoms with Gasteiger partial charge in [0.1, 0.15) is 0 Å². The molecule has 3 rings (SSSR count). The van der Waals surface area contributed by atoms with Crippen molar-refractivity contribution in [2.24, 2.45) is 0 Å². The number of benzene rings is 1. The third-order valence-corrected chi connectivity index (χ3v) is 5.10. The molecule has 0 aliphatic heterocycles. The van der Waals surface area contributed by atoms with E-state index in [0.717, 1.165) is 16.1 Å². The highest BCUT2D eigenvalue weighted by atomic mass is 32.1. The number of hydrogen-bond acceptors (Lipinski definition) is 4. The number of thiazole rings is 1. The van der Waals surface area contributed by atoms with E-state index in [1.165, 1.54) is 16.0 Å². The zero-order chi connectivity index (χ0) is 13.4. The van der Waals surface area contributed by atoms with Gasteiger partial charge >= 0.3 is 0 Å². The van der Waals surface area contributed by atoms with E-state index in [1.54, 1.807) is 22.7 Å². The highest BCUT2D eigenvalue weighted by Crippen LogP contribution is 2.40. The van der Waals surface area contributed by atoms with E-state index in [1.807, 2.05) is 0 Å². The van der Waals surface area contributed by atoms with E-state index in [-0.39, 0.29) is 0 Å². The lowest BCUT2D eigenvalue weighted by Gasteiger charge is -2.04. The maximum absolute atomic E-state index is 5.90. The molecule has 0 aliphatic rings. The van der Waals surface area contributed by atoms with Crippen molar-refractivity contribution >= 4 is 27.8 Å². The Labute approximate surface area is 120 Å². The molecule has 0 unspecified atom stereocenters. The molecule has 2 aromatic heterocycles. The SMILES string of the molecule is Cc1ccc(-c2nc(N)sc2-c2cccs2)cc1C. The van der Waals surface area contributed by atoms with Crippen LogP contribution in [0, 0.1) is 13.8 Å². The van der Waals surface area contributed by atoms with Crippen molar-refractivity contribution < 1.29 is 0 Å². The first-order chi connectivity index (χ1) is 9.15. The van der Waals surface area contributed by atoms with Crippen LogP contribution in [-0.2, 0) is 0 Å². The fourth-order valence-electron chi connectivity index (χ4n) is 2.00. The van der Waals surface area contributed by atoms with Gasteiger partial charge in [0.05, 0.1) is 10.6 Å². The summed E-state index contributed by atoms with van der Waals surface area (Å²) in [6, 6.07) is 10.6. The summed E-state index contributed by atoms with van der Waals surface area (Å²) in [6.45, 7) is 4.24. The largest absolute Gasteiger partial charge is 0.375 e. The number of nitrogens with two attached hydrogens (primary N) is 1. The quantitative estimate of drug-likeness (QED) is 0.739. The first kappa shape index (κ1) is 12.4. The molecule has 2 heterocycles. The van der Waals surface area contributed by atoms with E-state index >= 15 is 0 Å². The topological polar surface area (TPSA) is 38.9 Å². The van der Waals surface area contributed by atoms with E-state index in [9.17, 15) is 0 Å². The number of nitrogen functional groups attached to an aromatic ring is 1. The van der Waals surface area contributed by atoms with Crippen LogP contribution in [0.3, 0.4) is 0 Å². The van der Waals surface area contributed by atoms with Crippen molar-refractivity contribution in [2.45, 2.75) is 13.8 Å². The predicted octanol–water partition coefficient (Wildman–Crippen LogP) is 4.74. The second-order valence-electron chi connectivity index (χ2n) is 4.51. The van der Waals surface area contributed by atoms with Crippen LogP contribution in [0.5, 0.6) is 0 Å². The van der Waals surface area contributed by atoms with Gasteiger partial charge in [0.25, 0.3) is 0 Å². The first-order valence-electron chi connectivity index (χ1n) is 6.03. The van der Waals surface area contributed by atoms with Crippen LogP contribution < -0.4 is 5.73 Å². The Morgan fingerprint density at radius 1 is 1.11 bits per heavy atom. The molecule has 1 aromatic carbocycles. The van der Waals surface area contributed by atoms with Gasteiger partial charge in [0, 0.05) is 10.4 Å². The van der Waals surface area contributed by atoms with Gasteiger partial charge in [0.15, 0.2) is 5.13 Å². The van der Waals surface area contributed by atoms with Gasteiger partial charge in [-0.05, 0) is 42.5 Å². The van der Waals surface area contributed by atoms with Gasteiger partial charge in [-0.25, -0.2) is 4.98 Å². The van der Waals surface area contributed by atoms with Crippen molar-refractivity contribution in [1.29, 1.82) is 0 Å². The molecule has 2 nitrogen and oxygen atoms in total. The summed E-state index contributed by atoms with van der Waals surface area (Å²) >= 11 is 3.27. The third kappa shape index (κ3) is 2.29. The molecule has 0 bridgehead atoms. The zero-order valence-electron chi connectivity index (χ0n) is 10.8. The van der Waals surface area contributed by atoms with Gasteiger partial charge in [-0.1, -0.05) is 29.5 Å². The smallest absolute Gasteiger partial charge is 0.181 e. The molecule has 4 heteroatoms. The minimum absolute atomic E-state index is 0.622. The van der Waals surface area contributed by atoms with Crippen molar-refractivity contribution in [3.8, 4) is 21.0 Å². The summed E-state index contributed by atoms with van der Waals surface area (Å²) < 4.78 is 0. The number of aromatic nitrogens is 1. The number of aryl methyl sites for hydroxylation is 2. The third-order valence-electron chi connectivity index (χ3n) is 3.17. The Hall–Kier alpha value is -1.65. The summed E-state index contributed by atoms with van der Waals surface area (Å²) in [7, 11) is 0. The molecule has 0 amide bonds. The Morgan fingerprint density at radius 2 is 1.95 bits per heavy atom. The second kappa shape index (κ2) is 4.79. The van der Waals surface area contributed by atoms with Crippen molar-refractivity contribution in [3.05, 3.63) is 46.8 Å². The minimum Gasteiger partial charge on any atom is -0.375 e. The number of nitrogens with zero attached hydrogens (tertiary/aromatic N) is 1. The Morgan fingerprint density at radius 3 is 2.63 bits per heavy atom. The summed E-state index contributed by atoms with van der Waals surface area (Å²) in [4.78, 5) is 6.90. The normalized spacial score (nSPS) is 10.8. The Kier molecular flexibility index (Phi) is 3.12. The molecule has 0 radical (unpaired) electrons. The highest BCUT2D eigenvalue weighted by molar-refractivity contribution is 7.23. The predicted molar refractivity (Wildman–Crippen MR) is 84.7 cm³/mol. The molecular formula is C15H14N2S2. The molecule has 96 valence electrons. The molecule has 2 N–H and O–H groups in total. The Bertz CT molecular complexity index is 712. The van der Waals surface area contributed by atoms with Crippen LogP contribution in [0.1, 0.15) is 11.1 Å². The minimum atomic E-state index is 0.622. The summed E-state index contributed by atoms with van der Waals surface area (Å²) in [6.07, 6.45) is 0. The number of thiophene rings is 1. The maximum atomic E-state index is 5.90. The average molecular weight is 286 g/mol. The van der Waals surface area contributed by atoms with Gasteiger partial charge < -0.3 is 5.73 Å². The van der Waals surface area contributed by atoms with Crippen LogP contribution >= 0.6 is 22.7 Å². The lowest BCUT2D eigenvalue weighted by Crippen LogP contribution is -1.86. The van der Waals surface area contributed by atoms with E-state index in [0.29, 0.717) is 5.13 Å². The molecule has 0 atom stereocenters. The molecule has 0 aliphatic carbocycles. The van der Waals surface area contributed by atoms with Crippen LogP contribution in [0.25, 0.3) is 21.0 Å². The maximum Gasteiger partial charge on any atom is 0.181 e. The van der Waals surface area contributed by atoms with Crippen molar-refractivity contribution in [2.75, 3.05) is 5.73 Å². The lowest BCUT2D eigenvalue weighted by molar-refractivity contribution is 1.33. The fraction of sp³-hybridized carbons (Fsp3) is 0.133. The molecule has 0 saturated carbocycles. The highest BCUT2D eigenvalue weighted by Gasteiger charge is 2.14. The van der Waals surface area contributed by atoms with E-state index < -0.39 is 0 Å². The van der Waals surface area contributed by atoms with Gasteiger partial charge in [0.2, 0.25) is 0 Å². The fourth-order valence-corrected chi connectivity index (χ4v) is 3.70. The lowest BCUT2D eigenvalue weighted by atomic mass is 10.0. The van der Waals surface area contributed by atoms with Gasteiger partial charge in [-0.2, -0.15) is 0 Å². The molecule has 0 saturated heterocycles. The first-order valence-corrected chi connectivity index (χ1v) is 7.72. The molecule has 0 spiro atoms. The van der Waals surface area contributed by atoms with Crippen LogP contribution in [0.4, 0.5) is 5.13 Å². The standard InChI is InChI=1S/C15H14N2S2/c1-9-5-6-11(8-10(9)2)13-14(19-15(16)17-13)12-4-3-7-18-12/h3-8H,1-2H3,(H2,16,17). The summed E-state index contributed by atoms with van der Waals surface area (Å²) in [5, 5.41) is 2.70. The van der Waals surface area contributed by atoms with Crippen LogP contribution in [0.15, 0.2) is 35.7 Å². The zero-order valence-corrected chi connectivity index (χ0v) is 12.4. The monoisotopic (exact) mass is 286 g/mol. The van der Waals surface area contributed by atoms with Crippen LogP contribution in [0.2, 0.25) is 0 Å². The molecule has 0 fully saturated rings. The van der Waals surface area contributed by atoms with E-state index in [4.69, 9.17) is 5.73 Å². The molecule has 19 heavy (non-hydrogen) atoms. The summed E-state index contributed by atoms with van der Waals surface area (Å²) in [5.41, 5.74) is 10.6. The number of rotatable bonds is 2. The molecule has 3 aromatic rings. The van der Waals surface area contributed by atoms with Gasteiger partial charge in [-0.15, -0.1) is 11.3 Å². The Balaban J connectivity index is 2.17. The van der Waals surface area contributed by atoms with Gasteiger partial charge in [-0.3, -0.25) is 0 Å². The molecular weight excluding hydrogens is 272 g/mol. The van der Waals surface area contributed by atoms with Crippen molar-refractivity contribution in [3.63, 3.8) is 0 Å². The van der Waals surface area contributed by atoms with Crippen LogP contribution in [-0.4, -0.2) is 4.98 Å². The average Bonchev–Trinajstić information content (AvgIpc) is 3.01. The summed E-state index contributed by atoms with van der Waals surface area (Å²) in [5.74, 6) is 0. The number of anilines is 1. The number of hydrogen-bond donors (Lipinski definition) is 1. The van der Waals surface area contributed by atoms with Crippen molar-refractivity contribution in [1.82, 2.24) is 4.98 Å². The van der Waals surface area contributed by atoms with E-state index in [2.05, 4.69) is 54.5 Å².